The molecule has 0 amide bonds. The van der Waals surface area contributed by atoms with Crippen LogP contribution in [-0.4, -0.2) is 4.57 Å². The minimum absolute atomic E-state index is 0.000226. The maximum Gasteiger partial charge on any atom is 0.249 e. The number of hydrogen-bond acceptors (Lipinski definition) is 0. The molecule has 4 rings (SSSR count). The fourth-order valence-electron chi connectivity index (χ4n) is 4.38. The number of aromatic nitrogens is 2. The standard InChI is InChI=1S/C23H27N2/c1-16-11-10-14-18-19(16)20-21(23(4,5)22(18,2)3)25(15-24(20)6)17-12-8-7-9-13-17/h7-15H,1-6H3/q+1. The molecule has 0 N–H and O–H groups in total. The largest absolute Gasteiger partial charge is 0.249 e. The average Bonchev–Trinajstić information content (AvgIpc) is 2.92. The van der Waals surface area contributed by atoms with Crippen LogP contribution in [0.1, 0.15) is 44.5 Å². The molecule has 2 nitrogen and oxygen atoms in total. The van der Waals surface area contributed by atoms with Crippen molar-refractivity contribution in [2.75, 3.05) is 0 Å². The summed E-state index contributed by atoms with van der Waals surface area (Å²) >= 11 is 0. The van der Waals surface area contributed by atoms with Gasteiger partial charge in [-0.05, 0) is 30.2 Å². The first kappa shape index (κ1) is 16.1. The minimum atomic E-state index is 0.000226. The van der Waals surface area contributed by atoms with Crippen LogP contribution < -0.4 is 4.57 Å². The van der Waals surface area contributed by atoms with Crippen LogP contribution in [0.5, 0.6) is 0 Å². The highest BCUT2D eigenvalue weighted by Gasteiger charge is 2.52. The zero-order valence-electron chi connectivity index (χ0n) is 16.1. The van der Waals surface area contributed by atoms with Gasteiger partial charge in [0.1, 0.15) is 5.69 Å². The first-order valence-electron chi connectivity index (χ1n) is 9.04. The molecule has 128 valence electrons. The summed E-state index contributed by atoms with van der Waals surface area (Å²) in [6, 6.07) is 17.4. The van der Waals surface area contributed by atoms with E-state index in [4.69, 9.17) is 0 Å². The summed E-state index contributed by atoms with van der Waals surface area (Å²) < 4.78 is 4.68. The summed E-state index contributed by atoms with van der Waals surface area (Å²) in [5, 5.41) is 0. The second-order valence-corrected chi connectivity index (χ2v) is 8.38. The van der Waals surface area contributed by atoms with Crippen LogP contribution >= 0.6 is 0 Å². The van der Waals surface area contributed by atoms with Gasteiger partial charge in [-0.15, -0.1) is 0 Å². The fourth-order valence-corrected chi connectivity index (χ4v) is 4.38. The molecule has 3 aromatic rings. The van der Waals surface area contributed by atoms with Gasteiger partial charge in [0.2, 0.25) is 6.33 Å². The number of benzene rings is 2. The number of imidazole rings is 1. The monoisotopic (exact) mass is 331 g/mol. The van der Waals surface area contributed by atoms with Gasteiger partial charge in [0.15, 0.2) is 11.4 Å². The van der Waals surface area contributed by atoms with Crippen molar-refractivity contribution in [3.8, 4) is 16.9 Å². The summed E-state index contributed by atoms with van der Waals surface area (Å²) in [5.74, 6) is 0. The topological polar surface area (TPSA) is 8.81 Å². The molecule has 25 heavy (non-hydrogen) atoms. The zero-order chi connectivity index (χ0) is 18.0. The van der Waals surface area contributed by atoms with Crippen molar-refractivity contribution in [3.05, 3.63) is 71.7 Å². The van der Waals surface area contributed by atoms with Crippen molar-refractivity contribution in [2.24, 2.45) is 7.05 Å². The lowest BCUT2D eigenvalue weighted by Gasteiger charge is -2.45. The molecule has 1 aliphatic carbocycles. The molecule has 0 unspecified atom stereocenters. The molecule has 0 aliphatic heterocycles. The Morgan fingerprint density at radius 2 is 1.52 bits per heavy atom. The Morgan fingerprint density at radius 1 is 0.840 bits per heavy atom. The third-order valence-electron chi connectivity index (χ3n) is 6.48. The first-order valence-corrected chi connectivity index (χ1v) is 9.04. The van der Waals surface area contributed by atoms with Crippen LogP contribution in [0.25, 0.3) is 16.9 Å². The lowest BCUT2D eigenvalue weighted by Crippen LogP contribution is -2.46. The summed E-state index contributed by atoms with van der Waals surface area (Å²) in [6.45, 7) is 11.8. The SMILES string of the molecule is Cc1cccc2c1-c1c(n(-c3ccccc3)c[n+]1C)C(C)(C)C2(C)C. The summed E-state index contributed by atoms with van der Waals surface area (Å²) in [4.78, 5) is 0. The van der Waals surface area contributed by atoms with Gasteiger partial charge in [-0.3, -0.25) is 0 Å². The van der Waals surface area contributed by atoms with E-state index in [-0.39, 0.29) is 10.8 Å². The zero-order valence-corrected chi connectivity index (χ0v) is 16.1. The van der Waals surface area contributed by atoms with Crippen molar-refractivity contribution in [1.82, 2.24) is 4.57 Å². The van der Waals surface area contributed by atoms with E-state index in [2.05, 4.69) is 106 Å². The third kappa shape index (κ3) is 2.00. The Kier molecular flexibility index (Phi) is 3.28. The summed E-state index contributed by atoms with van der Waals surface area (Å²) in [5.41, 5.74) is 8.21. The van der Waals surface area contributed by atoms with Crippen LogP contribution in [0, 0.1) is 6.92 Å². The normalized spacial score (nSPS) is 17.0. The lowest BCUT2D eigenvalue weighted by molar-refractivity contribution is -0.660. The van der Waals surface area contributed by atoms with Gasteiger partial charge in [-0.2, -0.15) is 4.57 Å². The quantitative estimate of drug-likeness (QED) is 0.564. The Morgan fingerprint density at radius 3 is 2.20 bits per heavy atom. The van der Waals surface area contributed by atoms with E-state index in [1.54, 1.807) is 0 Å². The summed E-state index contributed by atoms with van der Waals surface area (Å²) in [6.07, 6.45) is 2.24. The average molecular weight is 331 g/mol. The second kappa shape index (κ2) is 5.08. The second-order valence-electron chi connectivity index (χ2n) is 8.38. The predicted octanol–water partition coefficient (Wildman–Crippen LogP) is 4.85. The van der Waals surface area contributed by atoms with E-state index in [0.29, 0.717) is 0 Å². The van der Waals surface area contributed by atoms with Gasteiger partial charge in [-0.25, -0.2) is 4.57 Å². The molecule has 1 heterocycles. The molecule has 0 bridgehead atoms. The maximum absolute atomic E-state index is 2.39. The number of nitrogens with zero attached hydrogens (tertiary/aromatic N) is 2. The molecule has 2 heteroatoms. The Bertz CT molecular complexity index is 959. The van der Waals surface area contributed by atoms with Gasteiger partial charge < -0.3 is 0 Å². The van der Waals surface area contributed by atoms with Crippen molar-refractivity contribution < 1.29 is 4.57 Å². The Hall–Kier alpha value is -2.35. The van der Waals surface area contributed by atoms with E-state index in [9.17, 15) is 0 Å². The number of rotatable bonds is 1. The predicted molar refractivity (Wildman–Crippen MR) is 103 cm³/mol. The van der Waals surface area contributed by atoms with Crippen LogP contribution in [0.2, 0.25) is 0 Å². The van der Waals surface area contributed by atoms with Gasteiger partial charge in [0.05, 0.1) is 7.05 Å². The molecule has 0 fully saturated rings. The highest BCUT2D eigenvalue weighted by molar-refractivity contribution is 5.75. The van der Waals surface area contributed by atoms with Gasteiger partial charge >= 0.3 is 0 Å². The number of aryl methyl sites for hydroxylation is 2. The molecular formula is C23H27N2+. The van der Waals surface area contributed by atoms with Crippen molar-refractivity contribution in [2.45, 2.75) is 45.4 Å². The van der Waals surface area contributed by atoms with Crippen LogP contribution in [-0.2, 0) is 17.9 Å². The molecule has 1 aromatic heterocycles. The molecule has 2 aromatic carbocycles. The molecule has 0 saturated carbocycles. The van der Waals surface area contributed by atoms with E-state index in [1.807, 2.05) is 0 Å². The molecule has 0 spiro atoms. The molecule has 0 atom stereocenters. The van der Waals surface area contributed by atoms with Crippen LogP contribution in [0.3, 0.4) is 0 Å². The molecule has 0 saturated heterocycles. The molecule has 0 radical (unpaired) electrons. The first-order chi connectivity index (χ1) is 11.8. The Balaban J connectivity index is 2.16. The van der Waals surface area contributed by atoms with E-state index < -0.39 is 0 Å². The molecule has 1 aliphatic rings. The Labute approximate surface area is 150 Å². The van der Waals surface area contributed by atoms with Crippen molar-refractivity contribution in [3.63, 3.8) is 0 Å². The van der Waals surface area contributed by atoms with Crippen LogP contribution in [0.4, 0.5) is 0 Å². The van der Waals surface area contributed by atoms with E-state index >= 15 is 0 Å². The van der Waals surface area contributed by atoms with E-state index in [0.717, 1.165) is 0 Å². The summed E-state index contributed by atoms with van der Waals surface area (Å²) in [7, 11) is 2.17. The van der Waals surface area contributed by atoms with Crippen molar-refractivity contribution in [1.29, 1.82) is 0 Å². The van der Waals surface area contributed by atoms with Crippen LogP contribution in [0.15, 0.2) is 54.9 Å². The number of hydrogen-bond donors (Lipinski definition) is 0. The van der Waals surface area contributed by atoms with E-state index in [1.165, 1.54) is 33.8 Å². The lowest BCUT2D eigenvalue weighted by atomic mass is 9.57. The van der Waals surface area contributed by atoms with Gasteiger partial charge in [0, 0.05) is 16.4 Å². The molecular weight excluding hydrogens is 304 g/mol. The van der Waals surface area contributed by atoms with Crippen molar-refractivity contribution >= 4 is 0 Å². The highest BCUT2D eigenvalue weighted by Crippen LogP contribution is 2.53. The number of fused-ring (bicyclic) bond motifs is 3. The highest BCUT2D eigenvalue weighted by atomic mass is 15.1. The number of para-hydroxylation sites is 1. The maximum atomic E-state index is 2.39. The minimum Gasteiger partial charge on any atom is -0.232 e. The van der Waals surface area contributed by atoms with Gasteiger partial charge in [0.25, 0.3) is 0 Å². The fraction of sp³-hybridized carbons (Fsp3) is 0.348. The smallest absolute Gasteiger partial charge is 0.232 e. The van der Waals surface area contributed by atoms with Gasteiger partial charge in [-0.1, -0.05) is 64.1 Å². The third-order valence-corrected chi connectivity index (χ3v) is 6.48.